The summed E-state index contributed by atoms with van der Waals surface area (Å²) in [6.45, 7) is 3.40. The molecule has 0 bridgehead atoms. The van der Waals surface area contributed by atoms with E-state index >= 15 is 0 Å². The summed E-state index contributed by atoms with van der Waals surface area (Å²) in [6.07, 6.45) is -0.667. The number of fused-ring (bicyclic) bond motifs is 1. The first-order valence-electron chi connectivity index (χ1n) is 10.4. The summed E-state index contributed by atoms with van der Waals surface area (Å²) >= 11 is 0. The molecule has 10 nitrogen and oxygen atoms in total. The molecule has 168 valence electrons. The van der Waals surface area contributed by atoms with Crippen LogP contribution in [0.15, 0.2) is 54.6 Å². The number of hydrogen-bond donors (Lipinski definition) is 2. The van der Waals surface area contributed by atoms with Crippen LogP contribution < -0.4 is 0 Å². The zero-order valence-corrected chi connectivity index (χ0v) is 18.1. The van der Waals surface area contributed by atoms with E-state index in [2.05, 4.69) is 20.6 Å². The van der Waals surface area contributed by atoms with Crippen molar-refractivity contribution < 1.29 is 19.4 Å². The summed E-state index contributed by atoms with van der Waals surface area (Å²) in [5, 5.41) is 24.3. The normalized spacial score (nSPS) is 11.8. The maximum Gasteiger partial charge on any atom is 0.410 e. The van der Waals surface area contributed by atoms with Gasteiger partial charge in [0, 0.05) is 23.1 Å². The third kappa shape index (κ3) is 4.64. The minimum absolute atomic E-state index is 0.102. The van der Waals surface area contributed by atoms with E-state index in [1.807, 2.05) is 54.6 Å². The molecule has 0 saturated heterocycles. The molecule has 10 heteroatoms. The number of amides is 1. The molecular formula is C23H22N6O4. The third-order valence-electron chi connectivity index (χ3n) is 5.24. The quantitative estimate of drug-likeness (QED) is 0.440. The van der Waals surface area contributed by atoms with Gasteiger partial charge >= 0.3 is 12.1 Å². The van der Waals surface area contributed by atoms with Gasteiger partial charge in [0.25, 0.3) is 0 Å². The van der Waals surface area contributed by atoms with Crippen molar-refractivity contribution in [1.82, 2.24) is 30.5 Å². The largest absolute Gasteiger partial charge is 0.480 e. The number of nitrogens with zero attached hydrogens (tertiary/aromatic N) is 5. The Hall–Kier alpha value is -4.34. The molecule has 0 spiro atoms. The van der Waals surface area contributed by atoms with Gasteiger partial charge in [-0.25, -0.2) is 19.7 Å². The number of aliphatic carboxylic acids is 1. The second-order valence-corrected chi connectivity index (χ2v) is 7.36. The summed E-state index contributed by atoms with van der Waals surface area (Å²) in [5.41, 5.74) is 4.00. The van der Waals surface area contributed by atoms with E-state index in [4.69, 9.17) is 9.72 Å². The van der Waals surface area contributed by atoms with E-state index in [0.717, 1.165) is 33.3 Å². The first kappa shape index (κ1) is 21.9. The zero-order chi connectivity index (χ0) is 23.4. The van der Waals surface area contributed by atoms with Crippen LogP contribution in [0.4, 0.5) is 4.79 Å². The maximum atomic E-state index is 12.3. The predicted molar refractivity (Wildman–Crippen MR) is 120 cm³/mol. The van der Waals surface area contributed by atoms with Gasteiger partial charge in [-0.1, -0.05) is 36.4 Å². The molecule has 0 fully saturated rings. The van der Waals surface area contributed by atoms with Crippen LogP contribution >= 0.6 is 0 Å². The summed E-state index contributed by atoms with van der Waals surface area (Å²) in [5.74, 6) is -0.551. The molecule has 0 saturated carbocycles. The van der Waals surface area contributed by atoms with Gasteiger partial charge in [-0.3, -0.25) is 4.90 Å². The fourth-order valence-electron chi connectivity index (χ4n) is 3.51. The summed E-state index contributed by atoms with van der Waals surface area (Å²) < 4.78 is 5.04. The zero-order valence-electron chi connectivity index (χ0n) is 18.1. The Labute approximate surface area is 189 Å². The number of H-pyrrole nitrogens is 1. The number of hydrogen-bond acceptors (Lipinski definition) is 7. The summed E-state index contributed by atoms with van der Waals surface area (Å²) in [4.78, 5) is 29.7. The van der Waals surface area contributed by atoms with Crippen molar-refractivity contribution in [3.05, 3.63) is 60.2 Å². The Morgan fingerprint density at radius 2 is 1.91 bits per heavy atom. The van der Waals surface area contributed by atoms with Crippen LogP contribution in [0.5, 0.6) is 0 Å². The highest BCUT2D eigenvalue weighted by Gasteiger charge is 2.26. The number of carboxylic acids is 1. The van der Waals surface area contributed by atoms with E-state index in [9.17, 15) is 14.7 Å². The first-order valence-corrected chi connectivity index (χ1v) is 10.4. The average Bonchev–Trinajstić information content (AvgIpc) is 3.36. The molecule has 2 aromatic heterocycles. The van der Waals surface area contributed by atoms with E-state index in [-0.39, 0.29) is 13.2 Å². The first-order chi connectivity index (χ1) is 16.0. The van der Waals surface area contributed by atoms with E-state index in [1.165, 1.54) is 11.8 Å². The Bertz CT molecular complexity index is 1290. The highest BCUT2D eigenvalue weighted by molar-refractivity contribution is 5.86. The highest BCUT2D eigenvalue weighted by Crippen LogP contribution is 2.30. The Morgan fingerprint density at radius 3 is 2.61 bits per heavy atom. The number of aromatic amines is 1. The van der Waals surface area contributed by atoms with Crippen molar-refractivity contribution in [2.24, 2.45) is 0 Å². The number of ether oxygens (including phenoxy) is 1. The standard InChI is InChI=1S/C23H22N6O4/c1-3-33-23(32)29(14(2)22(30)31)13-15-8-10-19-16(12-15)9-11-20(24-19)17-6-4-5-7-18(17)21-25-27-28-26-21/h4-12,14H,3,13H2,1-2H3,(H,30,31)(H,25,26,27,28)/t14-/m0/s1. The maximum absolute atomic E-state index is 12.3. The Morgan fingerprint density at radius 1 is 1.12 bits per heavy atom. The van der Waals surface area contributed by atoms with Gasteiger partial charge < -0.3 is 9.84 Å². The van der Waals surface area contributed by atoms with Crippen LogP contribution in [0.25, 0.3) is 33.5 Å². The van der Waals surface area contributed by atoms with Gasteiger partial charge in [0.2, 0.25) is 0 Å². The van der Waals surface area contributed by atoms with Gasteiger partial charge in [-0.2, -0.15) is 0 Å². The van der Waals surface area contributed by atoms with Crippen molar-refractivity contribution >= 4 is 23.0 Å². The van der Waals surface area contributed by atoms with Crippen LogP contribution in [0, 0.1) is 0 Å². The number of carbonyl (C=O) groups excluding carboxylic acids is 1. The smallest absolute Gasteiger partial charge is 0.410 e. The molecule has 4 rings (SSSR count). The lowest BCUT2D eigenvalue weighted by molar-refractivity contribution is -0.142. The molecule has 0 radical (unpaired) electrons. The van der Waals surface area contributed by atoms with Crippen molar-refractivity contribution in [3.63, 3.8) is 0 Å². The fourth-order valence-corrected chi connectivity index (χ4v) is 3.51. The minimum atomic E-state index is -1.10. The van der Waals surface area contributed by atoms with Gasteiger partial charge in [0.05, 0.1) is 17.8 Å². The fraction of sp³-hybridized carbons (Fsp3) is 0.217. The number of rotatable bonds is 7. The monoisotopic (exact) mass is 446 g/mol. The molecule has 0 aliphatic heterocycles. The topological polar surface area (TPSA) is 134 Å². The summed E-state index contributed by atoms with van der Waals surface area (Å²) in [7, 11) is 0. The van der Waals surface area contributed by atoms with Gasteiger partial charge in [-0.05, 0) is 48.0 Å². The van der Waals surface area contributed by atoms with Crippen LogP contribution in [0.1, 0.15) is 19.4 Å². The lowest BCUT2D eigenvalue weighted by atomic mass is 10.0. The van der Waals surface area contributed by atoms with Gasteiger partial charge in [0.15, 0.2) is 5.82 Å². The molecule has 1 amide bonds. The predicted octanol–water partition coefficient (Wildman–Crippen LogP) is 3.51. The second-order valence-electron chi connectivity index (χ2n) is 7.36. The third-order valence-corrected chi connectivity index (χ3v) is 5.24. The highest BCUT2D eigenvalue weighted by atomic mass is 16.6. The van der Waals surface area contributed by atoms with Crippen LogP contribution in [0.2, 0.25) is 0 Å². The van der Waals surface area contributed by atoms with Crippen molar-refractivity contribution in [2.45, 2.75) is 26.4 Å². The average molecular weight is 446 g/mol. The Kier molecular flexibility index (Phi) is 6.25. The number of aromatic nitrogens is 5. The molecule has 0 unspecified atom stereocenters. The molecule has 1 atom stereocenters. The number of pyridine rings is 1. The lowest BCUT2D eigenvalue weighted by Crippen LogP contribution is -2.43. The van der Waals surface area contributed by atoms with Crippen molar-refractivity contribution in [2.75, 3.05) is 6.61 Å². The van der Waals surface area contributed by atoms with Gasteiger partial charge in [0.1, 0.15) is 6.04 Å². The van der Waals surface area contributed by atoms with Crippen molar-refractivity contribution in [1.29, 1.82) is 0 Å². The SMILES string of the molecule is CCOC(=O)N(Cc1ccc2nc(-c3ccccc3-c3nnn[nH]3)ccc2c1)[C@@H](C)C(=O)O. The molecule has 2 aromatic carbocycles. The Balaban J connectivity index is 1.65. The number of carboxylic acid groups (broad SMARTS) is 1. The van der Waals surface area contributed by atoms with Crippen LogP contribution in [0.3, 0.4) is 0 Å². The number of tetrazole rings is 1. The number of carbonyl (C=O) groups is 2. The summed E-state index contributed by atoms with van der Waals surface area (Å²) in [6, 6.07) is 16.1. The molecule has 4 aromatic rings. The molecule has 2 N–H and O–H groups in total. The van der Waals surface area contributed by atoms with E-state index in [0.29, 0.717) is 5.82 Å². The van der Waals surface area contributed by atoms with Crippen molar-refractivity contribution in [3.8, 4) is 22.6 Å². The number of benzene rings is 2. The van der Waals surface area contributed by atoms with Crippen LogP contribution in [-0.2, 0) is 16.1 Å². The molecule has 33 heavy (non-hydrogen) atoms. The van der Waals surface area contributed by atoms with E-state index < -0.39 is 18.1 Å². The molecule has 0 aliphatic carbocycles. The molecular weight excluding hydrogens is 424 g/mol. The van der Waals surface area contributed by atoms with Gasteiger partial charge in [-0.15, -0.1) is 5.10 Å². The minimum Gasteiger partial charge on any atom is -0.480 e. The molecule has 2 heterocycles. The van der Waals surface area contributed by atoms with Crippen LogP contribution in [-0.4, -0.2) is 60.3 Å². The second kappa shape index (κ2) is 9.43. The molecule has 0 aliphatic rings. The van der Waals surface area contributed by atoms with E-state index in [1.54, 1.807) is 6.92 Å². The lowest BCUT2D eigenvalue weighted by Gasteiger charge is -2.25. The number of nitrogens with one attached hydrogen (secondary N) is 1.